The standard InChI is InChI=1S/C18H25NO4/c1-17(9-12-23-15-6-4-3-5-14(15)17)16(20)19-10-7-18(21,8-11-19)13-22-2/h3-6,21H,7-13H2,1-2H3. The Kier molecular flexibility index (Phi) is 4.34. The topological polar surface area (TPSA) is 59.0 Å². The second-order valence-electron chi connectivity index (χ2n) is 6.88. The van der Waals surface area contributed by atoms with Gasteiger partial charge in [-0.2, -0.15) is 0 Å². The summed E-state index contributed by atoms with van der Waals surface area (Å²) in [7, 11) is 1.59. The number of carbonyl (C=O) groups is 1. The molecule has 1 aromatic carbocycles. The third-order valence-corrected chi connectivity index (χ3v) is 5.21. The lowest BCUT2D eigenvalue weighted by Gasteiger charge is -2.43. The SMILES string of the molecule is COCC1(O)CCN(C(=O)C2(C)CCOc3ccccc32)CC1. The van der Waals surface area contributed by atoms with Gasteiger partial charge in [0.1, 0.15) is 5.75 Å². The second-order valence-corrected chi connectivity index (χ2v) is 6.88. The van der Waals surface area contributed by atoms with Gasteiger partial charge in [0.2, 0.25) is 5.91 Å². The molecule has 0 spiro atoms. The van der Waals surface area contributed by atoms with Gasteiger partial charge in [0.25, 0.3) is 0 Å². The molecule has 0 bridgehead atoms. The molecule has 2 aliphatic rings. The van der Waals surface area contributed by atoms with Crippen molar-refractivity contribution in [3.05, 3.63) is 29.8 Å². The molecule has 1 aromatic rings. The molecule has 0 aromatic heterocycles. The number of ether oxygens (including phenoxy) is 2. The van der Waals surface area contributed by atoms with Crippen molar-refractivity contribution in [2.24, 2.45) is 0 Å². The number of para-hydroxylation sites is 1. The van der Waals surface area contributed by atoms with Crippen molar-refractivity contribution in [1.29, 1.82) is 0 Å². The van der Waals surface area contributed by atoms with E-state index in [0.29, 0.717) is 45.6 Å². The molecular formula is C18H25NO4. The molecule has 5 heteroatoms. The van der Waals surface area contributed by atoms with Crippen LogP contribution < -0.4 is 4.74 Å². The highest BCUT2D eigenvalue weighted by Gasteiger charge is 2.44. The van der Waals surface area contributed by atoms with Crippen LogP contribution in [0.25, 0.3) is 0 Å². The summed E-state index contributed by atoms with van der Waals surface area (Å²) in [5, 5.41) is 10.4. The molecule has 0 aliphatic carbocycles. The van der Waals surface area contributed by atoms with Gasteiger partial charge in [0, 0.05) is 25.8 Å². The Morgan fingerprint density at radius 3 is 2.70 bits per heavy atom. The number of benzene rings is 1. The number of methoxy groups -OCH3 is 1. The van der Waals surface area contributed by atoms with Crippen LogP contribution in [-0.4, -0.2) is 54.9 Å². The Morgan fingerprint density at radius 1 is 1.30 bits per heavy atom. The van der Waals surface area contributed by atoms with Gasteiger partial charge in [-0.05, 0) is 32.3 Å². The van der Waals surface area contributed by atoms with Gasteiger partial charge < -0.3 is 19.5 Å². The van der Waals surface area contributed by atoms with E-state index in [1.807, 2.05) is 36.1 Å². The molecule has 0 saturated carbocycles. The van der Waals surface area contributed by atoms with E-state index in [4.69, 9.17) is 9.47 Å². The maximum absolute atomic E-state index is 13.2. The van der Waals surface area contributed by atoms with Crippen molar-refractivity contribution in [2.75, 3.05) is 33.4 Å². The third-order valence-electron chi connectivity index (χ3n) is 5.21. The molecule has 1 unspecified atom stereocenters. The zero-order chi connectivity index (χ0) is 16.5. The molecule has 1 fully saturated rings. The maximum Gasteiger partial charge on any atom is 0.233 e. The summed E-state index contributed by atoms with van der Waals surface area (Å²) >= 11 is 0. The number of carbonyl (C=O) groups excluding carboxylic acids is 1. The summed E-state index contributed by atoms with van der Waals surface area (Å²) < 4.78 is 10.8. The number of piperidine rings is 1. The lowest BCUT2D eigenvalue weighted by molar-refractivity contribution is -0.144. The van der Waals surface area contributed by atoms with Crippen LogP contribution in [0.3, 0.4) is 0 Å². The van der Waals surface area contributed by atoms with Gasteiger partial charge in [0.05, 0.1) is 24.2 Å². The van der Waals surface area contributed by atoms with Crippen LogP contribution in [0.15, 0.2) is 24.3 Å². The van der Waals surface area contributed by atoms with Crippen molar-refractivity contribution < 1.29 is 19.4 Å². The zero-order valence-corrected chi connectivity index (χ0v) is 13.9. The van der Waals surface area contributed by atoms with Crippen LogP contribution in [0.5, 0.6) is 5.75 Å². The summed E-state index contributed by atoms with van der Waals surface area (Å²) in [4.78, 5) is 15.0. The minimum Gasteiger partial charge on any atom is -0.493 e. The van der Waals surface area contributed by atoms with E-state index in [2.05, 4.69) is 0 Å². The summed E-state index contributed by atoms with van der Waals surface area (Å²) in [6.45, 7) is 4.02. The van der Waals surface area contributed by atoms with Crippen molar-refractivity contribution in [3.8, 4) is 5.75 Å². The van der Waals surface area contributed by atoms with E-state index in [0.717, 1.165) is 11.3 Å². The Labute approximate surface area is 137 Å². The first-order chi connectivity index (χ1) is 11.0. The van der Waals surface area contributed by atoms with Gasteiger partial charge in [-0.25, -0.2) is 0 Å². The van der Waals surface area contributed by atoms with Crippen molar-refractivity contribution in [3.63, 3.8) is 0 Å². The molecule has 0 radical (unpaired) electrons. The summed E-state index contributed by atoms with van der Waals surface area (Å²) in [6, 6.07) is 7.79. The first-order valence-electron chi connectivity index (χ1n) is 8.22. The van der Waals surface area contributed by atoms with E-state index in [-0.39, 0.29) is 5.91 Å². The number of hydrogen-bond acceptors (Lipinski definition) is 4. The lowest BCUT2D eigenvalue weighted by atomic mass is 9.76. The van der Waals surface area contributed by atoms with Gasteiger partial charge >= 0.3 is 0 Å². The summed E-state index contributed by atoms with van der Waals surface area (Å²) in [6.07, 6.45) is 1.79. The molecule has 3 rings (SSSR count). The van der Waals surface area contributed by atoms with E-state index in [1.165, 1.54) is 0 Å². The number of fused-ring (bicyclic) bond motifs is 1. The highest BCUT2D eigenvalue weighted by Crippen LogP contribution is 2.40. The molecule has 5 nitrogen and oxygen atoms in total. The first kappa shape index (κ1) is 16.3. The van der Waals surface area contributed by atoms with Gasteiger partial charge in [0.15, 0.2) is 0 Å². The fourth-order valence-electron chi connectivity index (χ4n) is 3.66. The summed E-state index contributed by atoms with van der Waals surface area (Å²) in [5.41, 5.74) is -0.389. The smallest absolute Gasteiger partial charge is 0.233 e. The minimum absolute atomic E-state index is 0.132. The Balaban J connectivity index is 1.77. The average Bonchev–Trinajstić information content (AvgIpc) is 2.55. The lowest BCUT2D eigenvalue weighted by Crippen LogP contribution is -2.54. The normalized spacial score (nSPS) is 26.3. The fraction of sp³-hybridized carbons (Fsp3) is 0.611. The zero-order valence-electron chi connectivity index (χ0n) is 13.9. The van der Waals surface area contributed by atoms with Gasteiger partial charge in [-0.15, -0.1) is 0 Å². The number of amides is 1. The highest BCUT2D eigenvalue weighted by molar-refractivity contribution is 5.89. The maximum atomic E-state index is 13.2. The Hall–Kier alpha value is -1.59. The van der Waals surface area contributed by atoms with E-state index >= 15 is 0 Å². The Bertz CT molecular complexity index is 580. The van der Waals surface area contributed by atoms with Crippen molar-refractivity contribution in [2.45, 2.75) is 37.2 Å². The summed E-state index contributed by atoms with van der Waals surface area (Å²) in [5.74, 6) is 0.940. The monoisotopic (exact) mass is 319 g/mol. The molecule has 2 aliphatic heterocycles. The van der Waals surface area contributed by atoms with Crippen LogP contribution >= 0.6 is 0 Å². The van der Waals surface area contributed by atoms with Crippen molar-refractivity contribution in [1.82, 2.24) is 4.90 Å². The predicted molar refractivity (Wildman–Crippen MR) is 86.5 cm³/mol. The molecule has 1 saturated heterocycles. The molecular weight excluding hydrogens is 294 g/mol. The van der Waals surface area contributed by atoms with Crippen molar-refractivity contribution >= 4 is 5.91 Å². The number of aliphatic hydroxyl groups is 1. The number of nitrogens with zero attached hydrogens (tertiary/aromatic N) is 1. The number of likely N-dealkylation sites (tertiary alicyclic amines) is 1. The first-order valence-corrected chi connectivity index (χ1v) is 8.22. The Morgan fingerprint density at radius 2 is 2.00 bits per heavy atom. The van der Waals surface area contributed by atoms with Gasteiger partial charge in [-0.1, -0.05) is 18.2 Å². The molecule has 1 N–H and O–H groups in total. The van der Waals surface area contributed by atoms with E-state index in [9.17, 15) is 9.90 Å². The van der Waals surface area contributed by atoms with E-state index in [1.54, 1.807) is 7.11 Å². The van der Waals surface area contributed by atoms with Crippen LogP contribution in [0.1, 0.15) is 31.7 Å². The third kappa shape index (κ3) is 2.95. The number of hydrogen-bond donors (Lipinski definition) is 1. The quantitative estimate of drug-likeness (QED) is 0.922. The van der Waals surface area contributed by atoms with Crippen LogP contribution in [0.2, 0.25) is 0 Å². The van der Waals surface area contributed by atoms with E-state index < -0.39 is 11.0 Å². The average molecular weight is 319 g/mol. The second kappa shape index (κ2) is 6.13. The highest BCUT2D eigenvalue weighted by atomic mass is 16.5. The molecule has 1 atom stereocenters. The number of rotatable bonds is 3. The van der Waals surface area contributed by atoms with Crippen LogP contribution in [0.4, 0.5) is 0 Å². The minimum atomic E-state index is -0.806. The largest absolute Gasteiger partial charge is 0.493 e. The molecule has 23 heavy (non-hydrogen) atoms. The fourth-order valence-corrected chi connectivity index (χ4v) is 3.66. The van der Waals surface area contributed by atoms with Crippen LogP contribution in [-0.2, 0) is 14.9 Å². The van der Waals surface area contributed by atoms with Crippen LogP contribution in [0, 0.1) is 0 Å². The predicted octanol–water partition coefficient (Wildman–Crippen LogP) is 1.73. The molecule has 2 heterocycles. The molecule has 1 amide bonds. The van der Waals surface area contributed by atoms with Gasteiger partial charge in [-0.3, -0.25) is 4.79 Å². The molecule has 126 valence electrons.